The average Bonchev–Trinajstić information content (AvgIpc) is 2.26. The summed E-state index contributed by atoms with van der Waals surface area (Å²) in [6.45, 7) is 3.90. The maximum absolute atomic E-state index is 2.53. The highest BCUT2D eigenvalue weighted by molar-refractivity contribution is 14.1. The van der Waals surface area contributed by atoms with Gasteiger partial charge in [0.15, 0.2) is 0 Å². The van der Waals surface area contributed by atoms with Gasteiger partial charge in [0.25, 0.3) is 0 Å². The van der Waals surface area contributed by atoms with Crippen LogP contribution in [0, 0.1) is 0 Å². The van der Waals surface area contributed by atoms with E-state index in [2.05, 4.69) is 37.9 Å². The van der Waals surface area contributed by atoms with E-state index < -0.39 is 0 Å². The first-order valence-electron chi connectivity index (χ1n) is 4.85. The molecule has 2 aliphatic heterocycles. The van der Waals surface area contributed by atoms with Crippen molar-refractivity contribution in [3.63, 3.8) is 0 Å². The smallest absolute Gasteiger partial charge is 0.0330 e. The van der Waals surface area contributed by atoms with Crippen molar-refractivity contribution in [2.24, 2.45) is 0 Å². The molecule has 0 aliphatic carbocycles. The third-order valence-electron chi connectivity index (χ3n) is 3.43. The fourth-order valence-corrected chi connectivity index (χ4v) is 3.28. The van der Waals surface area contributed by atoms with Crippen LogP contribution in [-0.4, -0.2) is 40.2 Å². The highest BCUT2D eigenvalue weighted by Crippen LogP contribution is 2.41. The minimum atomic E-state index is 0.602. The molecule has 0 aromatic carbocycles. The van der Waals surface area contributed by atoms with Crippen LogP contribution in [0.5, 0.6) is 0 Å². The van der Waals surface area contributed by atoms with E-state index in [-0.39, 0.29) is 0 Å². The lowest BCUT2D eigenvalue weighted by Gasteiger charge is -2.49. The molecule has 0 amide bonds. The van der Waals surface area contributed by atoms with Crippen molar-refractivity contribution >= 4 is 22.9 Å². The Morgan fingerprint density at radius 2 is 1.83 bits per heavy atom. The Labute approximate surface area is 88.8 Å². The third kappa shape index (κ3) is 1.51. The van der Waals surface area contributed by atoms with Crippen molar-refractivity contribution in [1.29, 1.82) is 0 Å². The van der Waals surface area contributed by atoms with Gasteiger partial charge in [0.1, 0.15) is 0 Å². The van der Waals surface area contributed by atoms with E-state index in [1.165, 1.54) is 45.3 Å². The van der Waals surface area contributed by atoms with Gasteiger partial charge < -0.3 is 4.90 Å². The molecule has 0 saturated carbocycles. The van der Waals surface area contributed by atoms with E-state index in [4.69, 9.17) is 0 Å². The summed E-state index contributed by atoms with van der Waals surface area (Å²) in [6, 6.07) is 0. The van der Waals surface area contributed by atoms with Crippen molar-refractivity contribution < 1.29 is 0 Å². The van der Waals surface area contributed by atoms with Crippen LogP contribution in [0.25, 0.3) is 0 Å². The highest BCUT2D eigenvalue weighted by atomic mass is 127. The molecule has 0 radical (unpaired) electrons. The van der Waals surface area contributed by atoms with Gasteiger partial charge in [0.2, 0.25) is 0 Å². The SMILES string of the molecule is CN1CCCC2(CC1)CCN2I. The second kappa shape index (κ2) is 3.42. The summed E-state index contributed by atoms with van der Waals surface area (Å²) in [5.41, 5.74) is 0.602. The quantitative estimate of drug-likeness (QED) is 0.494. The summed E-state index contributed by atoms with van der Waals surface area (Å²) in [7, 11) is 2.25. The molecule has 0 N–H and O–H groups in total. The number of hydrogen-bond acceptors (Lipinski definition) is 2. The Morgan fingerprint density at radius 1 is 1.08 bits per heavy atom. The van der Waals surface area contributed by atoms with Crippen molar-refractivity contribution in [3.8, 4) is 0 Å². The highest BCUT2D eigenvalue weighted by Gasteiger charge is 2.43. The van der Waals surface area contributed by atoms with Crippen molar-refractivity contribution in [1.82, 2.24) is 8.01 Å². The molecule has 2 rings (SSSR count). The number of nitrogens with zero attached hydrogens (tertiary/aromatic N) is 2. The molecule has 2 aliphatic rings. The predicted octanol–water partition coefficient (Wildman–Crippen LogP) is 1.90. The molecule has 70 valence electrons. The molecule has 2 nitrogen and oxygen atoms in total. The molecular weight excluding hydrogens is 263 g/mol. The van der Waals surface area contributed by atoms with Gasteiger partial charge in [0.05, 0.1) is 0 Å². The largest absolute Gasteiger partial charge is 0.306 e. The van der Waals surface area contributed by atoms with Gasteiger partial charge in [-0.1, -0.05) is 0 Å². The number of likely N-dealkylation sites (tertiary alicyclic amines) is 1. The third-order valence-corrected chi connectivity index (χ3v) is 4.93. The van der Waals surface area contributed by atoms with Crippen LogP contribution in [-0.2, 0) is 0 Å². The first-order chi connectivity index (χ1) is 5.73. The normalized spacial score (nSPS) is 39.5. The fourth-order valence-electron chi connectivity index (χ4n) is 2.32. The molecule has 0 aromatic rings. The molecule has 0 bridgehead atoms. The molecule has 3 heteroatoms. The summed E-state index contributed by atoms with van der Waals surface area (Å²) in [5, 5.41) is 0. The van der Waals surface area contributed by atoms with Gasteiger partial charge in [-0.3, -0.25) is 0 Å². The number of halogens is 1. The zero-order valence-electron chi connectivity index (χ0n) is 7.72. The van der Waals surface area contributed by atoms with Crippen LogP contribution in [0.15, 0.2) is 0 Å². The van der Waals surface area contributed by atoms with Gasteiger partial charge >= 0.3 is 0 Å². The van der Waals surface area contributed by atoms with Crippen molar-refractivity contribution in [2.75, 3.05) is 26.7 Å². The van der Waals surface area contributed by atoms with E-state index in [0.717, 1.165) is 0 Å². The molecule has 2 fully saturated rings. The minimum absolute atomic E-state index is 0.602. The van der Waals surface area contributed by atoms with E-state index >= 15 is 0 Å². The molecule has 1 atom stereocenters. The van der Waals surface area contributed by atoms with Crippen LogP contribution in [0.3, 0.4) is 0 Å². The predicted molar refractivity (Wildman–Crippen MR) is 59.4 cm³/mol. The van der Waals surface area contributed by atoms with Gasteiger partial charge in [-0.25, -0.2) is 3.11 Å². The second-order valence-electron chi connectivity index (χ2n) is 4.22. The van der Waals surface area contributed by atoms with Crippen LogP contribution < -0.4 is 0 Å². The van der Waals surface area contributed by atoms with E-state index in [9.17, 15) is 0 Å². The minimum Gasteiger partial charge on any atom is -0.306 e. The van der Waals surface area contributed by atoms with E-state index in [0.29, 0.717) is 5.54 Å². The maximum atomic E-state index is 2.53. The first kappa shape index (κ1) is 9.21. The van der Waals surface area contributed by atoms with Crippen LogP contribution in [0.1, 0.15) is 25.7 Å². The lowest BCUT2D eigenvalue weighted by atomic mass is 9.81. The fraction of sp³-hybridized carbons (Fsp3) is 1.00. The van der Waals surface area contributed by atoms with Crippen LogP contribution in [0.4, 0.5) is 0 Å². The summed E-state index contributed by atoms with van der Waals surface area (Å²) in [6.07, 6.45) is 5.62. The molecule has 12 heavy (non-hydrogen) atoms. The molecule has 2 heterocycles. The zero-order valence-corrected chi connectivity index (χ0v) is 9.88. The van der Waals surface area contributed by atoms with Crippen LogP contribution in [0.2, 0.25) is 0 Å². The van der Waals surface area contributed by atoms with Gasteiger partial charge in [-0.2, -0.15) is 0 Å². The van der Waals surface area contributed by atoms with Gasteiger partial charge in [0, 0.05) is 34.9 Å². The Morgan fingerprint density at radius 3 is 2.42 bits per heavy atom. The monoisotopic (exact) mass is 280 g/mol. The molecule has 2 saturated heterocycles. The van der Waals surface area contributed by atoms with Crippen molar-refractivity contribution in [2.45, 2.75) is 31.2 Å². The standard InChI is InChI=1S/C9H17IN2/c1-11-6-2-3-9(4-7-11)5-8-12(9)10/h2-8H2,1H3. The summed E-state index contributed by atoms with van der Waals surface area (Å²) in [4.78, 5) is 2.47. The summed E-state index contributed by atoms with van der Waals surface area (Å²) in [5.74, 6) is 0. The summed E-state index contributed by atoms with van der Waals surface area (Å²) >= 11 is 2.50. The summed E-state index contributed by atoms with van der Waals surface area (Å²) < 4.78 is 2.53. The Balaban J connectivity index is 1.98. The molecular formula is C9H17IN2. The van der Waals surface area contributed by atoms with Crippen molar-refractivity contribution in [3.05, 3.63) is 0 Å². The number of rotatable bonds is 0. The lowest BCUT2D eigenvalue weighted by Crippen LogP contribution is -2.54. The number of hydrogen-bond donors (Lipinski definition) is 0. The van der Waals surface area contributed by atoms with E-state index in [1.54, 1.807) is 0 Å². The Kier molecular flexibility index (Phi) is 2.63. The molecule has 1 spiro atoms. The molecule has 0 aromatic heterocycles. The Hall–Kier alpha value is 0.650. The average molecular weight is 280 g/mol. The van der Waals surface area contributed by atoms with Gasteiger partial charge in [-0.05, 0) is 45.8 Å². The zero-order chi connectivity index (χ0) is 8.60. The molecule has 1 unspecified atom stereocenters. The van der Waals surface area contributed by atoms with Gasteiger partial charge in [-0.15, -0.1) is 0 Å². The van der Waals surface area contributed by atoms with E-state index in [1.807, 2.05) is 0 Å². The first-order valence-corrected chi connectivity index (χ1v) is 5.81. The van der Waals surface area contributed by atoms with Crippen LogP contribution >= 0.6 is 22.9 Å². The topological polar surface area (TPSA) is 6.48 Å². The second-order valence-corrected chi connectivity index (χ2v) is 5.38. The Bertz CT molecular complexity index is 174. The lowest BCUT2D eigenvalue weighted by molar-refractivity contribution is 0.0869. The maximum Gasteiger partial charge on any atom is 0.0330 e.